The van der Waals surface area contributed by atoms with E-state index in [9.17, 15) is 26.3 Å². The highest BCUT2D eigenvalue weighted by molar-refractivity contribution is 7.50. The normalized spacial score (nSPS) is 13.4. The van der Waals surface area contributed by atoms with Gasteiger partial charge in [0.2, 0.25) is 0 Å². The lowest BCUT2D eigenvalue weighted by Gasteiger charge is -2.23. The fourth-order valence-corrected chi connectivity index (χ4v) is 7.65. The second kappa shape index (κ2) is 9.17. The summed E-state index contributed by atoms with van der Waals surface area (Å²) >= 11 is 0. The third kappa shape index (κ3) is 7.82. The highest BCUT2D eigenvalue weighted by Crippen LogP contribution is 2.50. The highest BCUT2D eigenvalue weighted by Gasteiger charge is 2.45. The van der Waals surface area contributed by atoms with E-state index >= 15 is 0 Å². The molecule has 0 unspecified atom stereocenters. The second-order valence-corrected chi connectivity index (χ2v) is 14.3. The molecule has 2 aromatic heterocycles. The van der Waals surface area contributed by atoms with Gasteiger partial charge in [-0.25, -0.2) is 4.41 Å². The van der Waals surface area contributed by atoms with Crippen LogP contribution in [0.25, 0.3) is 11.1 Å². The molecule has 0 aliphatic rings. The van der Waals surface area contributed by atoms with Crippen LogP contribution in [0.5, 0.6) is 0 Å². The molecule has 2 heterocycles. The van der Waals surface area contributed by atoms with Crippen LogP contribution in [0.1, 0.15) is 0 Å². The first-order valence-electron chi connectivity index (χ1n) is 8.68. The molecule has 0 saturated heterocycles. The van der Waals surface area contributed by atoms with Crippen LogP contribution in [0, 0.1) is 0 Å². The van der Waals surface area contributed by atoms with Gasteiger partial charge in [0, 0.05) is 24.5 Å². The van der Waals surface area contributed by atoms with Crippen LogP contribution >= 0.6 is 7.66 Å². The van der Waals surface area contributed by atoms with Crippen molar-refractivity contribution in [1.82, 2.24) is 4.98 Å². The van der Waals surface area contributed by atoms with E-state index in [-0.39, 0.29) is 0 Å². The summed E-state index contributed by atoms with van der Waals surface area (Å²) in [6, 6.07) is 6.51. The number of halogens is 6. The number of aromatic nitrogens is 2. The molecule has 0 fully saturated rings. The summed E-state index contributed by atoms with van der Waals surface area (Å²) in [4.78, 5) is 3.90. The molecule has 0 aromatic carbocycles. The van der Waals surface area contributed by atoms with Crippen LogP contribution in [0.15, 0.2) is 53.5 Å². The number of alkyl halides is 6. The predicted molar refractivity (Wildman–Crippen MR) is 102 cm³/mol. The third-order valence-electron chi connectivity index (χ3n) is 3.34. The van der Waals surface area contributed by atoms with E-state index in [0.29, 0.717) is 5.56 Å². The van der Waals surface area contributed by atoms with Crippen LogP contribution in [0.2, 0.25) is 19.6 Å². The zero-order valence-electron chi connectivity index (χ0n) is 16.4. The molecule has 30 heavy (non-hydrogen) atoms. The van der Waals surface area contributed by atoms with Crippen LogP contribution in [0.4, 0.5) is 26.3 Å². The SMILES string of the molecule is C[Si](C)(C)N=P(OCC(F)(F)F)(OCC(F)(F)F)[n+]1ccc(-c2ccncc2)cc1. The Balaban J connectivity index is 2.55. The first kappa shape index (κ1) is 24.5. The highest BCUT2D eigenvalue weighted by atomic mass is 31.2. The van der Waals surface area contributed by atoms with Gasteiger partial charge in [0.15, 0.2) is 33.8 Å². The molecule has 0 atom stereocenters. The first-order valence-corrected chi connectivity index (χ1v) is 13.7. The second-order valence-electron chi connectivity index (χ2n) is 7.24. The number of rotatable bonds is 7. The molecule has 0 bridgehead atoms. The molecular formula is C17H21F6N3O2PSi+. The average Bonchev–Trinajstić information content (AvgIpc) is 2.63. The fourth-order valence-electron chi connectivity index (χ4n) is 2.30. The topological polar surface area (TPSA) is 47.6 Å². The van der Waals surface area contributed by atoms with Crippen molar-refractivity contribution in [3.05, 3.63) is 49.1 Å². The number of nitrogens with zero attached hydrogens (tertiary/aromatic N) is 3. The molecule has 0 saturated carbocycles. The molecule has 5 nitrogen and oxygen atoms in total. The zero-order chi connectivity index (χ0) is 22.6. The first-order chi connectivity index (χ1) is 13.7. The molecule has 0 aliphatic carbocycles. The fraction of sp³-hybridized carbons (Fsp3) is 0.412. The van der Waals surface area contributed by atoms with Gasteiger partial charge in [-0.15, -0.1) is 4.34 Å². The van der Waals surface area contributed by atoms with Crippen LogP contribution < -0.4 is 4.34 Å². The van der Waals surface area contributed by atoms with Gasteiger partial charge < -0.3 is 0 Å². The van der Waals surface area contributed by atoms with Gasteiger partial charge in [-0.3, -0.25) is 14.0 Å². The lowest BCUT2D eigenvalue weighted by atomic mass is 10.1. The van der Waals surface area contributed by atoms with Crippen molar-refractivity contribution in [2.75, 3.05) is 13.2 Å². The molecule has 0 N–H and O–H groups in total. The van der Waals surface area contributed by atoms with Crippen molar-refractivity contribution < 1.29 is 39.7 Å². The summed E-state index contributed by atoms with van der Waals surface area (Å²) < 4.78 is 92.5. The van der Waals surface area contributed by atoms with E-state index in [1.54, 1.807) is 44.2 Å². The van der Waals surface area contributed by atoms with E-state index in [2.05, 4.69) is 9.39 Å². The third-order valence-corrected chi connectivity index (χ3v) is 8.53. The van der Waals surface area contributed by atoms with E-state index in [1.807, 2.05) is 0 Å². The number of hydrogen-bond acceptors (Lipinski definition) is 4. The minimum Gasteiger partial charge on any atom is -0.265 e. The summed E-state index contributed by atoms with van der Waals surface area (Å²) in [7, 11) is -6.71. The van der Waals surface area contributed by atoms with Gasteiger partial charge in [0.1, 0.15) is 0 Å². The Labute approximate surface area is 171 Å². The van der Waals surface area contributed by atoms with Gasteiger partial charge in [0.05, 0.1) is 0 Å². The maximum Gasteiger partial charge on any atom is 0.486 e. The van der Waals surface area contributed by atoms with Crippen molar-refractivity contribution >= 4 is 15.9 Å². The molecule has 0 amide bonds. The molecule has 13 heteroatoms. The summed E-state index contributed by atoms with van der Waals surface area (Å²) in [5, 5.41) is 0. The molecule has 0 aliphatic heterocycles. The van der Waals surface area contributed by atoms with Crippen LogP contribution in [-0.2, 0) is 9.05 Å². The molecular weight excluding hydrogens is 451 g/mol. The zero-order valence-corrected chi connectivity index (χ0v) is 18.3. The van der Waals surface area contributed by atoms with Crippen LogP contribution in [-0.4, -0.2) is 38.8 Å². The Bertz CT molecular complexity index is 862. The minimum absolute atomic E-state index is 0.686. The predicted octanol–water partition coefficient (Wildman–Crippen LogP) is 5.82. The van der Waals surface area contributed by atoms with Crippen molar-refractivity contribution in [2.24, 2.45) is 4.41 Å². The Hall–Kier alpha value is -1.75. The lowest BCUT2D eigenvalue weighted by Crippen LogP contribution is -2.37. The molecule has 0 radical (unpaired) electrons. The smallest absolute Gasteiger partial charge is 0.265 e. The van der Waals surface area contributed by atoms with E-state index in [1.165, 1.54) is 24.5 Å². The standard InChI is InChI=1S/C17H21F6N3O2PSi/c1-30(2,3)25-29(27-12-16(18,19)20,28-13-17(21,22)23)26-10-6-15(7-11-26)14-4-8-24-9-5-14/h4-11H,12-13H2,1-3H3/q+1. The molecule has 0 spiro atoms. The van der Waals surface area contributed by atoms with Gasteiger partial charge in [-0.1, -0.05) is 0 Å². The largest absolute Gasteiger partial charge is 0.486 e. The molecule has 2 rings (SSSR count). The summed E-state index contributed by atoms with van der Waals surface area (Å²) in [5.41, 5.74) is 1.46. The molecule has 2 aromatic rings. The van der Waals surface area contributed by atoms with Gasteiger partial charge in [-0.05, 0) is 42.9 Å². The molecule has 166 valence electrons. The summed E-state index contributed by atoms with van der Waals surface area (Å²) in [6.07, 6.45) is -3.77. The Morgan fingerprint density at radius 2 is 1.30 bits per heavy atom. The summed E-state index contributed by atoms with van der Waals surface area (Å²) in [5.74, 6) is 0. The van der Waals surface area contributed by atoms with Gasteiger partial charge >= 0.3 is 20.0 Å². The van der Waals surface area contributed by atoms with Crippen molar-refractivity contribution in [3.63, 3.8) is 0 Å². The van der Waals surface area contributed by atoms with E-state index in [4.69, 9.17) is 9.05 Å². The average molecular weight is 472 g/mol. The number of hydrogen-bond donors (Lipinski definition) is 0. The van der Waals surface area contributed by atoms with E-state index in [0.717, 1.165) is 9.90 Å². The maximum atomic E-state index is 12.9. The van der Waals surface area contributed by atoms with Crippen molar-refractivity contribution in [3.8, 4) is 11.1 Å². The van der Waals surface area contributed by atoms with Gasteiger partial charge in [0.25, 0.3) is 0 Å². The maximum absolute atomic E-state index is 12.9. The lowest BCUT2D eigenvalue weighted by molar-refractivity contribution is -0.536. The van der Waals surface area contributed by atoms with Crippen molar-refractivity contribution in [1.29, 1.82) is 0 Å². The Morgan fingerprint density at radius 1 is 0.867 bits per heavy atom. The Kier molecular flexibility index (Phi) is 7.49. The van der Waals surface area contributed by atoms with Crippen molar-refractivity contribution in [2.45, 2.75) is 32.0 Å². The minimum atomic E-state index is -4.76. The van der Waals surface area contributed by atoms with Crippen LogP contribution in [0.3, 0.4) is 0 Å². The van der Waals surface area contributed by atoms with E-state index < -0.39 is 41.5 Å². The number of pyridine rings is 2. The quantitative estimate of drug-likeness (QED) is 0.290. The van der Waals surface area contributed by atoms with Gasteiger partial charge in [-0.2, -0.15) is 26.3 Å². The summed E-state index contributed by atoms with van der Waals surface area (Å²) in [6.45, 7) is 1.43. The Morgan fingerprint density at radius 3 is 1.70 bits per heavy atom. The monoisotopic (exact) mass is 472 g/mol.